The highest BCUT2D eigenvalue weighted by molar-refractivity contribution is 14.0. The third-order valence-corrected chi connectivity index (χ3v) is 3.88. The van der Waals surface area contributed by atoms with Crippen LogP contribution in [0.3, 0.4) is 0 Å². The van der Waals surface area contributed by atoms with Gasteiger partial charge < -0.3 is 10.2 Å². The quantitative estimate of drug-likeness (QED) is 0.459. The Labute approximate surface area is 130 Å². The molecule has 0 amide bonds. The molecule has 0 saturated carbocycles. The summed E-state index contributed by atoms with van der Waals surface area (Å²) in [5, 5.41) is 3.40. The molecular weight excluding hydrogens is 337 g/mol. The van der Waals surface area contributed by atoms with E-state index in [1.54, 1.807) is 0 Å². The minimum absolute atomic E-state index is 0. The van der Waals surface area contributed by atoms with E-state index in [0.717, 1.165) is 30.9 Å². The maximum Gasteiger partial charge on any atom is 0.193 e. The Bertz CT molecular complexity index is 239. The van der Waals surface area contributed by atoms with Crippen LogP contribution in [-0.2, 0) is 0 Å². The van der Waals surface area contributed by atoms with Crippen molar-refractivity contribution in [3.8, 4) is 0 Å². The zero-order valence-electron chi connectivity index (χ0n) is 12.4. The van der Waals surface area contributed by atoms with Crippen LogP contribution in [0.4, 0.5) is 0 Å². The SMILES string of the molecule is CCN=C(NCC)N1CCC(C(CC)CC)C1.I. The molecule has 0 bridgehead atoms. The third-order valence-electron chi connectivity index (χ3n) is 3.88. The van der Waals surface area contributed by atoms with Crippen molar-refractivity contribution in [2.45, 2.75) is 47.0 Å². The molecule has 0 aliphatic carbocycles. The van der Waals surface area contributed by atoms with Crippen LogP contribution in [0.25, 0.3) is 0 Å². The number of aliphatic imine (C=N–C) groups is 1. The fourth-order valence-corrected chi connectivity index (χ4v) is 2.90. The Hall–Kier alpha value is 0. The van der Waals surface area contributed by atoms with Gasteiger partial charge in [0.15, 0.2) is 5.96 Å². The summed E-state index contributed by atoms with van der Waals surface area (Å²) in [6, 6.07) is 0. The smallest absolute Gasteiger partial charge is 0.193 e. The topological polar surface area (TPSA) is 27.6 Å². The third kappa shape index (κ3) is 4.94. The molecule has 1 unspecified atom stereocenters. The Morgan fingerprint density at radius 3 is 2.44 bits per heavy atom. The molecule has 4 heteroatoms. The summed E-state index contributed by atoms with van der Waals surface area (Å²) in [4.78, 5) is 7.01. The van der Waals surface area contributed by atoms with Gasteiger partial charge in [0.25, 0.3) is 0 Å². The minimum Gasteiger partial charge on any atom is -0.357 e. The van der Waals surface area contributed by atoms with Crippen molar-refractivity contribution in [1.82, 2.24) is 10.2 Å². The minimum atomic E-state index is 0. The number of guanidine groups is 1. The maximum absolute atomic E-state index is 4.57. The van der Waals surface area contributed by atoms with Crippen LogP contribution in [0, 0.1) is 11.8 Å². The lowest BCUT2D eigenvalue weighted by Gasteiger charge is -2.24. The van der Waals surface area contributed by atoms with E-state index in [0.29, 0.717) is 0 Å². The first kappa shape index (κ1) is 18.0. The Balaban J connectivity index is 0.00000289. The van der Waals surface area contributed by atoms with Crippen LogP contribution in [0.15, 0.2) is 4.99 Å². The van der Waals surface area contributed by atoms with E-state index < -0.39 is 0 Å². The van der Waals surface area contributed by atoms with E-state index in [9.17, 15) is 0 Å². The molecule has 1 atom stereocenters. The number of nitrogens with zero attached hydrogens (tertiary/aromatic N) is 2. The van der Waals surface area contributed by atoms with Crippen LogP contribution in [-0.4, -0.2) is 37.0 Å². The van der Waals surface area contributed by atoms with Gasteiger partial charge in [-0.25, -0.2) is 0 Å². The van der Waals surface area contributed by atoms with Gasteiger partial charge in [0.1, 0.15) is 0 Å². The number of rotatable bonds is 5. The van der Waals surface area contributed by atoms with Gasteiger partial charge in [-0.1, -0.05) is 26.7 Å². The number of hydrogen-bond acceptors (Lipinski definition) is 1. The van der Waals surface area contributed by atoms with Crippen molar-refractivity contribution in [2.75, 3.05) is 26.2 Å². The van der Waals surface area contributed by atoms with Crippen LogP contribution in [0.1, 0.15) is 47.0 Å². The van der Waals surface area contributed by atoms with Crippen molar-refractivity contribution in [1.29, 1.82) is 0 Å². The number of nitrogens with one attached hydrogen (secondary N) is 1. The summed E-state index contributed by atoms with van der Waals surface area (Å²) in [5.74, 6) is 2.87. The van der Waals surface area contributed by atoms with E-state index in [4.69, 9.17) is 0 Å². The second-order valence-electron chi connectivity index (χ2n) is 4.90. The van der Waals surface area contributed by atoms with Crippen molar-refractivity contribution in [3.63, 3.8) is 0 Å². The second-order valence-corrected chi connectivity index (χ2v) is 4.90. The molecule has 0 spiro atoms. The molecule has 18 heavy (non-hydrogen) atoms. The van der Waals surface area contributed by atoms with E-state index in [-0.39, 0.29) is 24.0 Å². The highest BCUT2D eigenvalue weighted by Crippen LogP contribution is 2.28. The van der Waals surface area contributed by atoms with E-state index >= 15 is 0 Å². The average molecular weight is 367 g/mol. The molecule has 1 N–H and O–H groups in total. The summed E-state index contributed by atoms with van der Waals surface area (Å²) in [6.07, 6.45) is 3.97. The van der Waals surface area contributed by atoms with Gasteiger partial charge in [0.05, 0.1) is 0 Å². The molecule has 1 saturated heterocycles. The lowest BCUT2D eigenvalue weighted by Crippen LogP contribution is -2.40. The number of hydrogen-bond donors (Lipinski definition) is 1. The fraction of sp³-hybridized carbons (Fsp3) is 0.929. The molecule has 1 fully saturated rings. The molecule has 108 valence electrons. The van der Waals surface area contributed by atoms with E-state index in [2.05, 4.69) is 42.9 Å². The van der Waals surface area contributed by atoms with Crippen LogP contribution in [0.5, 0.6) is 0 Å². The predicted molar refractivity (Wildman–Crippen MR) is 90.8 cm³/mol. The average Bonchev–Trinajstić information content (AvgIpc) is 2.80. The molecule has 1 heterocycles. The highest BCUT2D eigenvalue weighted by Gasteiger charge is 2.29. The molecule has 0 aromatic carbocycles. The molecule has 0 aromatic heterocycles. The molecule has 3 nitrogen and oxygen atoms in total. The van der Waals surface area contributed by atoms with Gasteiger partial charge >= 0.3 is 0 Å². The molecule has 0 radical (unpaired) electrons. The standard InChI is InChI=1S/C14H29N3.HI/c1-5-12(6-2)13-9-10-17(11-13)14(15-7-3)16-8-4;/h12-13H,5-11H2,1-4H3,(H,15,16);1H. The summed E-state index contributed by atoms with van der Waals surface area (Å²) in [5.41, 5.74) is 0. The van der Waals surface area contributed by atoms with Crippen LogP contribution >= 0.6 is 24.0 Å². The van der Waals surface area contributed by atoms with E-state index in [1.165, 1.54) is 32.4 Å². The van der Waals surface area contributed by atoms with Gasteiger partial charge in [-0.15, -0.1) is 24.0 Å². The van der Waals surface area contributed by atoms with Crippen molar-refractivity contribution in [3.05, 3.63) is 0 Å². The summed E-state index contributed by atoms with van der Waals surface area (Å²) >= 11 is 0. The molecule has 0 aromatic rings. The molecule has 1 aliphatic heterocycles. The zero-order valence-corrected chi connectivity index (χ0v) is 14.7. The Morgan fingerprint density at radius 1 is 1.28 bits per heavy atom. The summed E-state index contributed by atoms with van der Waals surface area (Å²) in [7, 11) is 0. The Kier molecular flexibility index (Phi) is 9.87. The van der Waals surface area contributed by atoms with Gasteiger partial charge in [0.2, 0.25) is 0 Å². The second kappa shape index (κ2) is 9.87. The van der Waals surface area contributed by atoms with Crippen molar-refractivity contribution >= 4 is 29.9 Å². The zero-order chi connectivity index (χ0) is 12.7. The number of halogens is 1. The van der Waals surface area contributed by atoms with Gasteiger partial charge in [0, 0.05) is 26.2 Å². The van der Waals surface area contributed by atoms with Gasteiger partial charge in [-0.2, -0.15) is 0 Å². The monoisotopic (exact) mass is 367 g/mol. The molecule has 1 rings (SSSR count). The van der Waals surface area contributed by atoms with Crippen LogP contribution in [0.2, 0.25) is 0 Å². The van der Waals surface area contributed by atoms with Gasteiger partial charge in [-0.05, 0) is 32.1 Å². The first-order valence-electron chi connectivity index (χ1n) is 7.29. The lowest BCUT2D eigenvalue weighted by molar-refractivity contribution is 0.319. The molecule has 1 aliphatic rings. The van der Waals surface area contributed by atoms with Crippen LogP contribution < -0.4 is 5.32 Å². The summed E-state index contributed by atoms with van der Waals surface area (Å²) < 4.78 is 0. The Morgan fingerprint density at radius 2 is 1.94 bits per heavy atom. The number of likely N-dealkylation sites (tertiary alicyclic amines) is 1. The normalized spacial score (nSPS) is 20.2. The van der Waals surface area contributed by atoms with Crippen molar-refractivity contribution in [2.24, 2.45) is 16.8 Å². The van der Waals surface area contributed by atoms with E-state index in [1.807, 2.05) is 0 Å². The van der Waals surface area contributed by atoms with Gasteiger partial charge in [-0.3, -0.25) is 4.99 Å². The first-order valence-corrected chi connectivity index (χ1v) is 7.29. The highest BCUT2D eigenvalue weighted by atomic mass is 127. The lowest BCUT2D eigenvalue weighted by atomic mass is 9.87. The maximum atomic E-state index is 4.57. The summed E-state index contributed by atoms with van der Waals surface area (Å²) in [6.45, 7) is 13.1. The largest absolute Gasteiger partial charge is 0.357 e. The first-order chi connectivity index (χ1) is 8.26. The molecular formula is C14H30IN3. The van der Waals surface area contributed by atoms with Crippen molar-refractivity contribution < 1.29 is 0 Å². The fourth-order valence-electron chi connectivity index (χ4n) is 2.90. The predicted octanol–water partition coefficient (Wildman–Crippen LogP) is 3.35.